The van der Waals surface area contributed by atoms with Crippen LogP contribution in [0.1, 0.15) is 16.1 Å². The summed E-state index contributed by atoms with van der Waals surface area (Å²) in [6.45, 7) is 0. The standard InChI is InChI=1S/C13H7BrClN3O/c14-9-2-4-11(17-7-9)13(19)18-12-5-8(6-16)1-3-10(12)15/h1-5,7H,(H,18,19). The van der Waals surface area contributed by atoms with Crippen LogP contribution in [0.25, 0.3) is 0 Å². The number of hydrogen-bond acceptors (Lipinski definition) is 3. The van der Waals surface area contributed by atoms with Crippen LogP contribution in [0, 0.1) is 11.3 Å². The third kappa shape index (κ3) is 3.31. The van der Waals surface area contributed by atoms with Gasteiger partial charge in [-0.05, 0) is 46.3 Å². The molecule has 19 heavy (non-hydrogen) atoms. The first-order chi connectivity index (χ1) is 9.10. The van der Waals surface area contributed by atoms with Crippen molar-refractivity contribution in [3.63, 3.8) is 0 Å². The molecule has 2 aromatic rings. The Bertz CT molecular complexity index is 665. The zero-order valence-electron chi connectivity index (χ0n) is 9.52. The highest BCUT2D eigenvalue weighted by molar-refractivity contribution is 9.10. The Balaban J connectivity index is 2.24. The van der Waals surface area contributed by atoms with E-state index in [0.717, 1.165) is 4.47 Å². The van der Waals surface area contributed by atoms with E-state index in [4.69, 9.17) is 16.9 Å². The van der Waals surface area contributed by atoms with E-state index in [1.54, 1.807) is 24.3 Å². The maximum Gasteiger partial charge on any atom is 0.274 e. The monoisotopic (exact) mass is 335 g/mol. The number of nitrogens with zero attached hydrogens (tertiary/aromatic N) is 2. The van der Waals surface area contributed by atoms with Crippen molar-refractivity contribution in [1.82, 2.24) is 4.98 Å². The summed E-state index contributed by atoms with van der Waals surface area (Å²) in [7, 11) is 0. The molecule has 0 aliphatic carbocycles. The van der Waals surface area contributed by atoms with Crippen LogP contribution in [0.15, 0.2) is 41.0 Å². The van der Waals surface area contributed by atoms with Crippen molar-refractivity contribution in [3.05, 3.63) is 57.3 Å². The topological polar surface area (TPSA) is 65.8 Å². The van der Waals surface area contributed by atoms with Crippen LogP contribution in [0.3, 0.4) is 0 Å². The lowest BCUT2D eigenvalue weighted by molar-refractivity contribution is 0.102. The number of amides is 1. The highest BCUT2D eigenvalue weighted by Gasteiger charge is 2.10. The van der Waals surface area contributed by atoms with Crippen molar-refractivity contribution < 1.29 is 4.79 Å². The molecule has 1 aromatic carbocycles. The SMILES string of the molecule is N#Cc1ccc(Cl)c(NC(=O)c2ccc(Br)cn2)c1. The van der Waals surface area contributed by atoms with Gasteiger partial charge in [-0.3, -0.25) is 4.79 Å². The van der Waals surface area contributed by atoms with Crippen molar-refractivity contribution in [2.45, 2.75) is 0 Å². The molecule has 6 heteroatoms. The maximum absolute atomic E-state index is 11.9. The minimum atomic E-state index is -0.385. The van der Waals surface area contributed by atoms with Gasteiger partial charge < -0.3 is 5.32 Å². The molecule has 4 nitrogen and oxygen atoms in total. The lowest BCUT2D eigenvalue weighted by Crippen LogP contribution is -2.13. The molecule has 0 saturated carbocycles. The Labute approximate surface area is 123 Å². The Kier molecular flexibility index (Phi) is 4.15. The Morgan fingerprint density at radius 2 is 2.16 bits per heavy atom. The number of benzene rings is 1. The van der Waals surface area contributed by atoms with Gasteiger partial charge >= 0.3 is 0 Å². The number of carbonyl (C=O) groups is 1. The fourth-order valence-electron chi connectivity index (χ4n) is 1.39. The largest absolute Gasteiger partial charge is 0.319 e. The number of aromatic nitrogens is 1. The molecule has 0 atom stereocenters. The highest BCUT2D eigenvalue weighted by atomic mass is 79.9. The van der Waals surface area contributed by atoms with Gasteiger partial charge in [-0.1, -0.05) is 11.6 Å². The third-order valence-corrected chi connectivity index (χ3v) is 3.10. The number of pyridine rings is 1. The van der Waals surface area contributed by atoms with Crippen molar-refractivity contribution in [3.8, 4) is 6.07 Å². The van der Waals surface area contributed by atoms with Gasteiger partial charge in [0.15, 0.2) is 0 Å². The summed E-state index contributed by atoms with van der Waals surface area (Å²) in [5.41, 5.74) is 1.07. The normalized spacial score (nSPS) is 9.74. The molecule has 1 amide bonds. The maximum atomic E-state index is 11.9. The number of hydrogen-bond donors (Lipinski definition) is 1. The van der Waals surface area contributed by atoms with Crippen molar-refractivity contribution >= 4 is 39.1 Å². The van der Waals surface area contributed by atoms with Crippen LogP contribution in [0.4, 0.5) is 5.69 Å². The van der Waals surface area contributed by atoms with E-state index in [2.05, 4.69) is 26.2 Å². The number of halogens is 2. The minimum Gasteiger partial charge on any atom is -0.319 e. The molecule has 1 aromatic heterocycles. The summed E-state index contributed by atoms with van der Waals surface area (Å²) >= 11 is 9.20. The predicted molar refractivity (Wildman–Crippen MR) is 76.1 cm³/mol. The number of anilines is 1. The van der Waals surface area contributed by atoms with E-state index < -0.39 is 0 Å². The van der Waals surface area contributed by atoms with E-state index in [0.29, 0.717) is 16.3 Å². The number of nitrogens with one attached hydrogen (secondary N) is 1. The van der Waals surface area contributed by atoms with Crippen LogP contribution >= 0.6 is 27.5 Å². The van der Waals surface area contributed by atoms with E-state index in [9.17, 15) is 4.79 Å². The van der Waals surface area contributed by atoms with Crippen LogP contribution in [-0.2, 0) is 0 Å². The fraction of sp³-hybridized carbons (Fsp3) is 0. The zero-order chi connectivity index (χ0) is 13.8. The average Bonchev–Trinajstić information content (AvgIpc) is 2.42. The first-order valence-corrected chi connectivity index (χ1v) is 6.40. The van der Waals surface area contributed by atoms with Crippen molar-refractivity contribution in [1.29, 1.82) is 5.26 Å². The van der Waals surface area contributed by atoms with Gasteiger partial charge in [0.1, 0.15) is 5.69 Å². The lowest BCUT2D eigenvalue weighted by Gasteiger charge is -2.07. The van der Waals surface area contributed by atoms with E-state index in [1.165, 1.54) is 12.3 Å². The quantitative estimate of drug-likeness (QED) is 0.911. The predicted octanol–water partition coefficient (Wildman–Crippen LogP) is 3.62. The first-order valence-electron chi connectivity index (χ1n) is 5.22. The lowest BCUT2D eigenvalue weighted by atomic mass is 10.2. The molecule has 0 saturated heterocycles. The molecular weight excluding hydrogens is 330 g/mol. The molecule has 0 radical (unpaired) electrons. The van der Waals surface area contributed by atoms with Gasteiger partial charge in [0.05, 0.1) is 22.3 Å². The molecule has 0 aliphatic heterocycles. The summed E-state index contributed by atoms with van der Waals surface area (Å²) in [6, 6.07) is 9.94. The van der Waals surface area contributed by atoms with Crippen molar-refractivity contribution in [2.75, 3.05) is 5.32 Å². The van der Waals surface area contributed by atoms with Crippen molar-refractivity contribution in [2.24, 2.45) is 0 Å². The molecule has 94 valence electrons. The highest BCUT2D eigenvalue weighted by Crippen LogP contribution is 2.23. The summed E-state index contributed by atoms with van der Waals surface area (Å²) < 4.78 is 0.786. The molecule has 1 N–H and O–H groups in total. The smallest absolute Gasteiger partial charge is 0.274 e. The molecule has 2 rings (SSSR count). The molecule has 0 unspecified atom stereocenters. The van der Waals surface area contributed by atoms with E-state index in [-0.39, 0.29) is 11.6 Å². The molecule has 1 heterocycles. The number of nitriles is 1. The second-order valence-corrected chi connectivity index (χ2v) is 4.95. The fourth-order valence-corrected chi connectivity index (χ4v) is 1.79. The number of rotatable bonds is 2. The molecule has 0 fully saturated rings. The van der Waals surface area contributed by atoms with Crippen LogP contribution in [-0.4, -0.2) is 10.9 Å². The minimum absolute atomic E-state index is 0.265. The second-order valence-electron chi connectivity index (χ2n) is 3.62. The van der Waals surface area contributed by atoms with E-state index >= 15 is 0 Å². The van der Waals surface area contributed by atoms with Gasteiger partial charge in [-0.2, -0.15) is 5.26 Å². The molecule has 0 aliphatic rings. The summed E-state index contributed by atoms with van der Waals surface area (Å²) in [4.78, 5) is 15.9. The van der Waals surface area contributed by atoms with E-state index in [1.807, 2.05) is 6.07 Å². The summed E-state index contributed by atoms with van der Waals surface area (Å²) in [5, 5.41) is 11.8. The molecular formula is C13H7BrClN3O. The second kappa shape index (κ2) is 5.83. The summed E-state index contributed by atoms with van der Waals surface area (Å²) in [6.07, 6.45) is 1.53. The summed E-state index contributed by atoms with van der Waals surface area (Å²) in [5.74, 6) is -0.385. The van der Waals surface area contributed by atoms with Gasteiger partial charge in [-0.25, -0.2) is 4.98 Å². The molecule has 0 spiro atoms. The third-order valence-electron chi connectivity index (χ3n) is 2.30. The van der Waals surface area contributed by atoms with Gasteiger partial charge in [0.2, 0.25) is 0 Å². The zero-order valence-corrected chi connectivity index (χ0v) is 11.9. The Hall–Kier alpha value is -1.90. The van der Waals surface area contributed by atoms with Crippen LogP contribution in [0.5, 0.6) is 0 Å². The average molecular weight is 337 g/mol. The molecule has 0 bridgehead atoms. The van der Waals surface area contributed by atoms with Gasteiger partial charge in [0.25, 0.3) is 5.91 Å². The van der Waals surface area contributed by atoms with Crippen LogP contribution < -0.4 is 5.32 Å². The van der Waals surface area contributed by atoms with Crippen LogP contribution in [0.2, 0.25) is 5.02 Å². The van der Waals surface area contributed by atoms with Gasteiger partial charge in [-0.15, -0.1) is 0 Å². The van der Waals surface area contributed by atoms with Gasteiger partial charge in [0, 0.05) is 10.7 Å². The Morgan fingerprint density at radius 1 is 1.37 bits per heavy atom. The first kappa shape index (κ1) is 13.5. The number of carbonyl (C=O) groups excluding carboxylic acids is 1. The Morgan fingerprint density at radius 3 is 2.79 bits per heavy atom.